The molecular weight excluding hydrogens is 336 g/mol. The first-order valence-electron chi connectivity index (χ1n) is 8.86. The molecule has 0 amide bonds. The predicted octanol–water partition coefficient (Wildman–Crippen LogP) is 3.05. The van der Waals surface area contributed by atoms with Gasteiger partial charge in [-0.3, -0.25) is 4.90 Å². The summed E-state index contributed by atoms with van der Waals surface area (Å²) in [5.74, 6) is 1.84. The second-order valence-corrected chi connectivity index (χ2v) is 8.52. The fourth-order valence-corrected chi connectivity index (χ4v) is 4.61. The summed E-state index contributed by atoms with van der Waals surface area (Å²) >= 11 is 0. The zero-order valence-corrected chi connectivity index (χ0v) is 15.8. The van der Waals surface area contributed by atoms with Gasteiger partial charge in [-0.25, -0.2) is 8.42 Å². The van der Waals surface area contributed by atoms with Crippen LogP contribution in [0, 0.1) is 6.92 Å². The van der Waals surface area contributed by atoms with Crippen molar-refractivity contribution in [2.24, 2.45) is 0 Å². The van der Waals surface area contributed by atoms with Gasteiger partial charge in [0.15, 0.2) is 0 Å². The highest BCUT2D eigenvalue weighted by molar-refractivity contribution is 7.89. The normalized spacial score (nSPS) is 17.0. The highest BCUT2D eigenvalue weighted by Crippen LogP contribution is 2.20. The largest absolute Gasteiger partial charge is 0.465 e. The van der Waals surface area contributed by atoms with E-state index in [4.69, 9.17) is 4.42 Å². The van der Waals surface area contributed by atoms with Crippen molar-refractivity contribution in [3.8, 4) is 0 Å². The van der Waals surface area contributed by atoms with Crippen molar-refractivity contribution in [1.29, 1.82) is 0 Å². The molecule has 5 nitrogen and oxygen atoms in total. The fraction of sp³-hybridized carbons (Fsp3) is 0.474. The van der Waals surface area contributed by atoms with Gasteiger partial charge in [0, 0.05) is 26.2 Å². The Morgan fingerprint density at radius 3 is 2.24 bits per heavy atom. The summed E-state index contributed by atoms with van der Waals surface area (Å²) in [6, 6.07) is 11.3. The lowest BCUT2D eigenvalue weighted by molar-refractivity contribution is 0.170. The molecule has 0 N–H and O–H groups in total. The molecule has 1 aromatic carbocycles. The van der Waals surface area contributed by atoms with Gasteiger partial charge in [0.2, 0.25) is 10.0 Å². The van der Waals surface area contributed by atoms with Crippen LogP contribution in [0.2, 0.25) is 0 Å². The van der Waals surface area contributed by atoms with Crippen LogP contribution in [-0.4, -0.2) is 43.8 Å². The quantitative estimate of drug-likeness (QED) is 0.793. The van der Waals surface area contributed by atoms with Crippen molar-refractivity contribution in [2.75, 3.05) is 26.2 Å². The van der Waals surface area contributed by atoms with Crippen molar-refractivity contribution in [1.82, 2.24) is 9.21 Å². The molecule has 1 aromatic heterocycles. The van der Waals surface area contributed by atoms with E-state index >= 15 is 0 Å². The molecule has 2 aromatic rings. The SMILES string of the molecule is CCCc1ccc(S(=O)(=O)N2CCN(Cc3ccc(C)o3)CC2)cc1. The smallest absolute Gasteiger partial charge is 0.243 e. The summed E-state index contributed by atoms with van der Waals surface area (Å²) in [4.78, 5) is 2.62. The Bertz CT molecular complexity index is 788. The van der Waals surface area contributed by atoms with E-state index in [9.17, 15) is 8.42 Å². The van der Waals surface area contributed by atoms with E-state index in [-0.39, 0.29) is 0 Å². The Morgan fingerprint density at radius 1 is 1.00 bits per heavy atom. The first kappa shape index (κ1) is 18.2. The van der Waals surface area contributed by atoms with E-state index in [0.29, 0.717) is 31.1 Å². The van der Waals surface area contributed by atoms with Crippen LogP contribution in [0.1, 0.15) is 30.4 Å². The first-order chi connectivity index (χ1) is 12.0. The minimum absolute atomic E-state index is 0.391. The van der Waals surface area contributed by atoms with E-state index in [1.54, 1.807) is 16.4 Å². The zero-order valence-electron chi connectivity index (χ0n) is 14.9. The minimum Gasteiger partial charge on any atom is -0.465 e. The molecule has 1 saturated heterocycles. The van der Waals surface area contributed by atoms with E-state index in [2.05, 4.69) is 11.8 Å². The number of benzene rings is 1. The standard InChI is InChI=1S/C19H26N2O3S/c1-3-4-17-6-9-19(10-7-17)25(22,23)21-13-11-20(12-14-21)15-18-8-5-16(2)24-18/h5-10H,3-4,11-15H2,1-2H3. The highest BCUT2D eigenvalue weighted by atomic mass is 32.2. The van der Waals surface area contributed by atoms with E-state index in [0.717, 1.165) is 30.9 Å². The summed E-state index contributed by atoms with van der Waals surface area (Å²) in [6.07, 6.45) is 2.04. The third-order valence-corrected chi connectivity index (χ3v) is 6.52. The predicted molar refractivity (Wildman–Crippen MR) is 97.9 cm³/mol. The van der Waals surface area contributed by atoms with Gasteiger partial charge in [0.25, 0.3) is 0 Å². The lowest BCUT2D eigenvalue weighted by Gasteiger charge is -2.33. The number of sulfonamides is 1. The molecule has 0 atom stereocenters. The molecule has 0 bridgehead atoms. The third-order valence-electron chi connectivity index (χ3n) is 4.61. The maximum atomic E-state index is 12.8. The van der Waals surface area contributed by atoms with Gasteiger partial charge < -0.3 is 4.42 Å². The van der Waals surface area contributed by atoms with E-state index < -0.39 is 10.0 Å². The lowest BCUT2D eigenvalue weighted by atomic mass is 10.1. The van der Waals surface area contributed by atoms with Crippen LogP contribution in [-0.2, 0) is 23.0 Å². The molecule has 0 spiro atoms. The van der Waals surface area contributed by atoms with Crippen molar-refractivity contribution < 1.29 is 12.8 Å². The molecule has 0 saturated carbocycles. The van der Waals surface area contributed by atoms with Gasteiger partial charge >= 0.3 is 0 Å². The Morgan fingerprint density at radius 2 is 1.68 bits per heavy atom. The topological polar surface area (TPSA) is 53.8 Å². The molecule has 0 aliphatic carbocycles. The summed E-state index contributed by atoms with van der Waals surface area (Å²) in [6.45, 7) is 7.23. The number of aryl methyl sites for hydroxylation is 2. The van der Waals surface area contributed by atoms with Gasteiger partial charge in [0.05, 0.1) is 11.4 Å². The van der Waals surface area contributed by atoms with Crippen LogP contribution in [0.4, 0.5) is 0 Å². The first-order valence-corrected chi connectivity index (χ1v) is 10.3. The molecule has 1 aliphatic heterocycles. The van der Waals surface area contributed by atoms with Gasteiger partial charge in [-0.15, -0.1) is 0 Å². The number of rotatable bonds is 6. The van der Waals surface area contributed by atoms with Crippen molar-refractivity contribution in [3.05, 3.63) is 53.5 Å². The molecule has 6 heteroatoms. The highest BCUT2D eigenvalue weighted by Gasteiger charge is 2.28. The van der Waals surface area contributed by atoms with Crippen LogP contribution in [0.3, 0.4) is 0 Å². The maximum absolute atomic E-state index is 12.8. The Hall–Kier alpha value is -1.63. The van der Waals surface area contributed by atoms with Gasteiger partial charge in [0.1, 0.15) is 11.5 Å². The third kappa shape index (κ3) is 4.32. The average molecular weight is 362 g/mol. The molecule has 0 unspecified atom stereocenters. The van der Waals surface area contributed by atoms with E-state index in [1.165, 1.54) is 5.56 Å². The second-order valence-electron chi connectivity index (χ2n) is 6.59. The molecule has 2 heterocycles. The molecule has 136 valence electrons. The maximum Gasteiger partial charge on any atom is 0.243 e. The average Bonchev–Trinajstić information content (AvgIpc) is 3.01. The Labute approximate surface area is 150 Å². The zero-order chi connectivity index (χ0) is 17.9. The Balaban J connectivity index is 1.60. The molecule has 1 fully saturated rings. The van der Waals surface area contributed by atoms with Gasteiger partial charge in [-0.1, -0.05) is 25.5 Å². The summed E-state index contributed by atoms with van der Waals surface area (Å²) in [5, 5.41) is 0. The van der Waals surface area contributed by atoms with Crippen LogP contribution in [0.5, 0.6) is 0 Å². The van der Waals surface area contributed by atoms with Gasteiger partial charge in [-0.2, -0.15) is 4.31 Å². The summed E-state index contributed by atoms with van der Waals surface area (Å²) in [7, 11) is -3.40. The van der Waals surface area contributed by atoms with E-state index in [1.807, 2.05) is 31.2 Å². The molecule has 0 radical (unpaired) electrons. The van der Waals surface area contributed by atoms with Crippen LogP contribution >= 0.6 is 0 Å². The number of piperazine rings is 1. The fourth-order valence-electron chi connectivity index (χ4n) is 3.18. The van der Waals surface area contributed by atoms with Crippen LogP contribution in [0.25, 0.3) is 0 Å². The lowest BCUT2D eigenvalue weighted by Crippen LogP contribution is -2.48. The second kappa shape index (κ2) is 7.72. The van der Waals surface area contributed by atoms with Crippen molar-refractivity contribution in [2.45, 2.75) is 38.1 Å². The number of furan rings is 1. The molecule has 25 heavy (non-hydrogen) atoms. The molecule has 3 rings (SSSR count). The summed E-state index contributed by atoms with van der Waals surface area (Å²) in [5.41, 5.74) is 1.18. The van der Waals surface area contributed by atoms with Crippen molar-refractivity contribution in [3.63, 3.8) is 0 Å². The molecular formula is C19H26N2O3S. The van der Waals surface area contributed by atoms with Crippen LogP contribution < -0.4 is 0 Å². The van der Waals surface area contributed by atoms with Gasteiger partial charge in [-0.05, 0) is 43.2 Å². The number of hydrogen-bond acceptors (Lipinski definition) is 4. The monoisotopic (exact) mass is 362 g/mol. The minimum atomic E-state index is -3.40. The molecule has 1 aliphatic rings. The Kier molecular flexibility index (Phi) is 5.61. The number of nitrogens with zero attached hydrogens (tertiary/aromatic N) is 2. The number of hydrogen-bond donors (Lipinski definition) is 0. The summed E-state index contributed by atoms with van der Waals surface area (Å²) < 4.78 is 32.8. The van der Waals surface area contributed by atoms with Crippen LogP contribution in [0.15, 0.2) is 45.7 Å². The van der Waals surface area contributed by atoms with Crippen molar-refractivity contribution >= 4 is 10.0 Å².